The first kappa shape index (κ1) is 15.0. The van der Waals surface area contributed by atoms with Crippen LogP contribution in [-0.4, -0.2) is 0 Å². The number of halogens is 6. The van der Waals surface area contributed by atoms with Gasteiger partial charge >= 0.3 is 0 Å². The third-order valence-corrected chi connectivity index (χ3v) is 3.50. The van der Waals surface area contributed by atoms with E-state index in [2.05, 4.69) is 0 Å². The molecule has 0 nitrogen and oxygen atoms in total. The zero-order chi connectivity index (χ0) is 12.7. The van der Waals surface area contributed by atoms with Crippen molar-refractivity contribution in [2.24, 2.45) is 0 Å². The van der Waals surface area contributed by atoms with Gasteiger partial charge in [-0.1, -0.05) is 81.7 Å². The molecule has 0 amide bonds. The van der Waals surface area contributed by atoms with Gasteiger partial charge in [-0.25, -0.2) is 0 Å². The van der Waals surface area contributed by atoms with Crippen molar-refractivity contribution in [2.45, 2.75) is 21.4 Å². The molecule has 90 valence electrons. The number of benzene rings is 1. The summed E-state index contributed by atoms with van der Waals surface area (Å²) in [5.74, 6) is 0. The van der Waals surface area contributed by atoms with Gasteiger partial charge in [0.1, 0.15) is 0 Å². The Morgan fingerprint density at radius 1 is 0.812 bits per heavy atom. The Bertz CT molecular complexity index is 399. The Morgan fingerprint density at radius 3 is 1.69 bits per heavy atom. The van der Waals surface area contributed by atoms with Crippen molar-refractivity contribution in [3.63, 3.8) is 0 Å². The maximum atomic E-state index is 5.90. The number of hydrogen-bond donors (Lipinski definition) is 0. The molecule has 0 aliphatic rings. The molecule has 0 bridgehead atoms. The van der Waals surface area contributed by atoms with Crippen molar-refractivity contribution in [3.8, 4) is 0 Å². The second-order valence-corrected chi connectivity index (χ2v) is 7.99. The van der Waals surface area contributed by atoms with Crippen LogP contribution >= 0.6 is 69.6 Å². The second kappa shape index (κ2) is 4.91. The highest BCUT2D eigenvalue weighted by molar-refractivity contribution is 6.69. The molecule has 0 spiro atoms. The van der Waals surface area contributed by atoms with E-state index in [4.69, 9.17) is 69.6 Å². The van der Waals surface area contributed by atoms with Gasteiger partial charge in [-0.2, -0.15) is 0 Å². The van der Waals surface area contributed by atoms with Crippen LogP contribution in [0.3, 0.4) is 0 Å². The van der Waals surface area contributed by atoms with Crippen molar-refractivity contribution >= 4 is 69.6 Å². The van der Waals surface area contributed by atoms with Crippen molar-refractivity contribution in [1.29, 1.82) is 0 Å². The predicted molar refractivity (Wildman–Crippen MR) is 74.4 cm³/mol. The quantitative estimate of drug-likeness (QED) is 0.511. The van der Waals surface area contributed by atoms with E-state index in [1.807, 2.05) is 19.9 Å². The highest BCUT2D eigenvalue weighted by Crippen LogP contribution is 2.49. The molecule has 0 aromatic heterocycles. The Balaban J connectivity index is 3.59. The molecule has 0 aliphatic heterocycles. The van der Waals surface area contributed by atoms with Crippen LogP contribution in [0.2, 0.25) is 0 Å². The lowest BCUT2D eigenvalue weighted by molar-refractivity contribution is 1.07. The zero-order valence-corrected chi connectivity index (χ0v) is 13.0. The minimum absolute atomic E-state index is 0.389. The molecule has 0 unspecified atom stereocenters. The lowest BCUT2D eigenvalue weighted by Gasteiger charge is -2.24. The first-order chi connectivity index (χ1) is 7.05. The average molecular weight is 341 g/mol. The molecule has 0 heterocycles. The molecular formula is C10H8Cl6. The molecule has 0 fully saturated rings. The maximum absolute atomic E-state index is 5.90. The van der Waals surface area contributed by atoms with E-state index >= 15 is 0 Å². The van der Waals surface area contributed by atoms with Crippen LogP contribution in [0.1, 0.15) is 22.3 Å². The lowest BCUT2D eigenvalue weighted by atomic mass is 9.99. The minimum atomic E-state index is -1.62. The number of alkyl halides is 6. The van der Waals surface area contributed by atoms with Gasteiger partial charge in [-0.3, -0.25) is 0 Å². The first-order valence-corrected chi connectivity index (χ1v) is 6.56. The van der Waals surface area contributed by atoms with Gasteiger partial charge in [0, 0.05) is 11.1 Å². The fraction of sp³-hybridized carbons (Fsp3) is 0.400. The molecule has 0 aliphatic carbocycles. The van der Waals surface area contributed by atoms with Gasteiger partial charge in [0.05, 0.1) is 0 Å². The van der Waals surface area contributed by atoms with Crippen LogP contribution in [-0.2, 0) is 7.59 Å². The number of aryl methyl sites for hydroxylation is 1. The van der Waals surface area contributed by atoms with Gasteiger partial charge in [0.25, 0.3) is 0 Å². The normalized spacial score (nSPS) is 13.0. The van der Waals surface area contributed by atoms with Crippen LogP contribution < -0.4 is 0 Å². The summed E-state index contributed by atoms with van der Waals surface area (Å²) in [5.41, 5.74) is 2.60. The van der Waals surface area contributed by atoms with Gasteiger partial charge < -0.3 is 0 Å². The highest BCUT2D eigenvalue weighted by Gasteiger charge is 2.36. The van der Waals surface area contributed by atoms with E-state index in [0.29, 0.717) is 11.1 Å². The molecule has 6 heteroatoms. The predicted octanol–water partition coefficient (Wildman–Crippen LogP) is 5.96. The largest absolute Gasteiger partial charge is 0.216 e. The fourth-order valence-corrected chi connectivity index (χ4v) is 2.62. The number of rotatable bonds is 0. The summed E-state index contributed by atoms with van der Waals surface area (Å²) in [7, 11) is 0. The van der Waals surface area contributed by atoms with Gasteiger partial charge in [-0.15, -0.1) is 0 Å². The Hall–Kier alpha value is 0.960. The van der Waals surface area contributed by atoms with Gasteiger partial charge in [0.2, 0.25) is 7.59 Å². The first-order valence-electron chi connectivity index (χ1n) is 4.29. The third kappa shape index (κ3) is 3.25. The van der Waals surface area contributed by atoms with E-state index in [-0.39, 0.29) is 0 Å². The van der Waals surface area contributed by atoms with E-state index in [1.54, 1.807) is 6.07 Å². The molecule has 0 saturated heterocycles. The summed E-state index contributed by atoms with van der Waals surface area (Å²) in [4.78, 5) is 0. The summed E-state index contributed by atoms with van der Waals surface area (Å²) >= 11 is 35.3. The molecule has 0 saturated carbocycles. The standard InChI is InChI=1S/C10H8Cl6/c1-5-3-4-7(9(11,12)13)8(6(5)2)10(14,15)16/h3-4H,1-2H3. The Morgan fingerprint density at radius 2 is 1.31 bits per heavy atom. The van der Waals surface area contributed by atoms with Crippen LogP contribution in [0.4, 0.5) is 0 Å². The van der Waals surface area contributed by atoms with Gasteiger partial charge in [0.15, 0.2) is 0 Å². The topological polar surface area (TPSA) is 0 Å². The van der Waals surface area contributed by atoms with Crippen LogP contribution in [0.5, 0.6) is 0 Å². The molecule has 1 aromatic rings. The fourth-order valence-electron chi connectivity index (χ4n) is 1.42. The van der Waals surface area contributed by atoms with E-state index in [0.717, 1.165) is 11.1 Å². The van der Waals surface area contributed by atoms with E-state index in [9.17, 15) is 0 Å². The Labute approximate surface area is 125 Å². The molecule has 0 atom stereocenters. The average Bonchev–Trinajstić information content (AvgIpc) is 2.05. The smallest absolute Gasteiger partial charge is 0.0784 e. The van der Waals surface area contributed by atoms with Crippen molar-refractivity contribution in [3.05, 3.63) is 34.4 Å². The molecule has 1 aromatic carbocycles. The molecule has 1 rings (SSSR count). The molecular weight excluding hydrogens is 333 g/mol. The summed E-state index contributed by atoms with van der Waals surface area (Å²) in [6.07, 6.45) is 0. The molecule has 0 N–H and O–H groups in total. The van der Waals surface area contributed by atoms with Crippen molar-refractivity contribution < 1.29 is 0 Å². The summed E-state index contributed by atoms with van der Waals surface area (Å²) in [5, 5.41) is 0. The SMILES string of the molecule is Cc1ccc(C(Cl)(Cl)Cl)c(C(Cl)(Cl)Cl)c1C. The van der Waals surface area contributed by atoms with Crippen LogP contribution in [0, 0.1) is 13.8 Å². The number of hydrogen-bond acceptors (Lipinski definition) is 0. The van der Waals surface area contributed by atoms with E-state index < -0.39 is 7.59 Å². The Kier molecular flexibility index (Phi) is 4.61. The van der Waals surface area contributed by atoms with Gasteiger partial charge in [-0.05, 0) is 25.0 Å². The summed E-state index contributed by atoms with van der Waals surface area (Å²) in [6, 6.07) is 3.49. The zero-order valence-electron chi connectivity index (χ0n) is 8.42. The summed E-state index contributed by atoms with van der Waals surface area (Å²) < 4.78 is -3.23. The lowest BCUT2D eigenvalue weighted by Crippen LogP contribution is -2.14. The van der Waals surface area contributed by atoms with Crippen LogP contribution in [0.25, 0.3) is 0 Å². The van der Waals surface area contributed by atoms with Crippen molar-refractivity contribution in [1.82, 2.24) is 0 Å². The maximum Gasteiger partial charge on any atom is 0.216 e. The highest BCUT2D eigenvalue weighted by atomic mass is 35.6. The second-order valence-electron chi connectivity index (χ2n) is 3.43. The summed E-state index contributed by atoms with van der Waals surface area (Å²) in [6.45, 7) is 3.73. The van der Waals surface area contributed by atoms with Crippen LogP contribution in [0.15, 0.2) is 12.1 Å². The molecule has 0 radical (unpaired) electrons. The molecule has 16 heavy (non-hydrogen) atoms. The van der Waals surface area contributed by atoms with Crippen molar-refractivity contribution in [2.75, 3.05) is 0 Å². The van der Waals surface area contributed by atoms with E-state index in [1.165, 1.54) is 0 Å². The monoisotopic (exact) mass is 338 g/mol. The third-order valence-electron chi connectivity index (χ3n) is 2.32. The minimum Gasteiger partial charge on any atom is -0.0784 e.